The molecule has 2 aromatic carbocycles. The first-order chi connectivity index (χ1) is 12.2. The number of anilines is 2. The highest BCUT2D eigenvalue weighted by molar-refractivity contribution is 6.02. The number of hydrogen-bond acceptors (Lipinski definition) is 3. The summed E-state index contributed by atoms with van der Waals surface area (Å²) < 4.78 is 0. The Bertz CT molecular complexity index is 843. The summed E-state index contributed by atoms with van der Waals surface area (Å²) in [6.07, 6.45) is 0. The summed E-state index contributed by atoms with van der Waals surface area (Å²) in [5.74, 6) is -0.623. The monoisotopic (exact) mass is 349 g/mol. The lowest BCUT2D eigenvalue weighted by molar-refractivity contribution is -0.120. The molecule has 0 aliphatic rings. The van der Waals surface area contributed by atoms with Crippen LogP contribution in [0, 0.1) is 11.3 Å². The van der Waals surface area contributed by atoms with Crippen LogP contribution < -0.4 is 10.2 Å². The summed E-state index contributed by atoms with van der Waals surface area (Å²) in [7, 11) is 0. The minimum atomic E-state index is -0.323. The van der Waals surface area contributed by atoms with Crippen molar-refractivity contribution in [1.82, 2.24) is 0 Å². The molecule has 1 N–H and O–H groups in total. The van der Waals surface area contributed by atoms with Crippen molar-refractivity contribution >= 4 is 23.2 Å². The van der Waals surface area contributed by atoms with Crippen molar-refractivity contribution in [2.45, 2.75) is 33.1 Å². The highest BCUT2D eigenvalue weighted by Gasteiger charge is 2.19. The Morgan fingerprint density at radius 3 is 2.23 bits per heavy atom. The number of benzene rings is 2. The lowest BCUT2D eigenvalue weighted by Gasteiger charge is -2.22. The maximum atomic E-state index is 12.4. The highest BCUT2D eigenvalue weighted by atomic mass is 16.2. The van der Waals surface area contributed by atoms with Gasteiger partial charge in [0.1, 0.15) is 12.6 Å². The van der Waals surface area contributed by atoms with Crippen LogP contribution >= 0.6 is 0 Å². The fourth-order valence-corrected chi connectivity index (χ4v) is 2.57. The molecule has 0 aliphatic carbocycles. The average Bonchev–Trinajstić information content (AvgIpc) is 2.59. The zero-order chi connectivity index (χ0) is 19.3. The normalized spacial score (nSPS) is 10.7. The zero-order valence-electron chi connectivity index (χ0n) is 15.5. The van der Waals surface area contributed by atoms with Gasteiger partial charge in [-0.05, 0) is 35.2 Å². The molecule has 2 rings (SSSR count). The standard InChI is InChI=1S/C21H23N3O2/c1-15(25)24(19-8-6-5-7-16(19)13-22)14-20(26)23-18-11-9-17(10-12-18)21(2,3)4/h5-12H,14H2,1-4H3,(H,23,26). The Morgan fingerprint density at radius 1 is 1.08 bits per heavy atom. The maximum Gasteiger partial charge on any atom is 0.244 e. The molecule has 0 spiro atoms. The smallest absolute Gasteiger partial charge is 0.244 e. The van der Waals surface area contributed by atoms with Crippen molar-refractivity contribution in [3.05, 3.63) is 59.7 Å². The van der Waals surface area contributed by atoms with Crippen LogP contribution in [0.2, 0.25) is 0 Å². The van der Waals surface area contributed by atoms with Gasteiger partial charge in [0.25, 0.3) is 0 Å². The minimum Gasteiger partial charge on any atom is -0.325 e. The van der Waals surface area contributed by atoms with Gasteiger partial charge in [-0.25, -0.2) is 0 Å². The number of rotatable bonds is 4. The summed E-state index contributed by atoms with van der Waals surface area (Å²) in [6, 6.07) is 16.4. The van der Waals surface area contributed by atoms with Crippen LogP contribution in [0.15, 0.2) is 48.5 Å². The molecule has 0 unspecified atom stereocenters. The number of carbonyl (C=O) groups excluding carboxylic acids is 2. The molecule has 0 bridgehead atoms. The summed E-state index contributed by atoms with van der Waals surface area (Å²) in [6.45, 7) is 7.59. The third kappa shape index (κ3) is 4.70. The highest BCUT2D eigenvalue weighted by Crippen LogP contribution is 2.24. The van der Waals surface area contributed by atoms with E-state index in [1.165, 1.54) is 17.4 Å². The molecule has 2 amide bonds. The Balaban J connectivity index is 2.14. The predicted octanol–water partition coefficient (Wildman–Crippen LogP) is 3.85. The van der Waals surface area contributed by atoms with Gasteiger partial charge in [-0.3, -0.25) is 9.59 Å². The molecule has 0 heterocycles. The molecule has 0 atom stereocenters. The fourth-order valence-electron chi connectivity index (χ4n) is 2.57. The molecular weight excluding hydrogens is 326 g/mol. The molecule has 0 radical (unpaired) electrons. The molecule has 2 aromatic rings. The van der Waals surface area contributed by atoms with Gasteiger partial charge in [0.15, 0.2) is 0 Å². The van der Waals surface area contributed by atoms with Gasteiger partial charge >= 0.3 is 0 Å². The first-order valence-corrected chi connectivity index (χ1v) is 8.40. The lowest BCUT2D eigenvalue weighted by Crippen LogP contribution is -2.37. The SMILES string of the molecule is CC(=O)N(CC(=O)Nc1ccc(C(C)(C)C)cc1)c1ccccc1C#N. The zero-order valence-corrected chi connectivity index (χ0v) is 15.5. The summed E-state index contributed by atoms with van der Waals surface area (Å²) in [5.41, 5.74) is 2.66. The number of carbonyl (C=O) groups is 2. The number of amides is 2. The van der Waals surface area contributed by atoms with Gasteiger partial charge in [0, 0.05) is 12.6 Å². The van der Waals surface area contributed by atoms with Crippen molar-refractivity contribution in [2.24, 2.45) is 0 Å². The van der Waals surface area contributed by atoms with Gasteiger partial charge in [0.2, 0.25) is 11.8 Å². The lowest BCUT2D eigenvalue weighted by atomic mass is 9.87. The third-order valence-electron chi connectivity index (χ3n) is 4.03. The molecule has 0 saturated carbocycles. The molecule has 5 heteroatoms. The molecular formula is C21H23N3O2. The Kier molecular flexibility index (Phi) is 5.78. The van der Waals surface area contributed by atoms with E-state index in [0.29, 0.717) is 16.9 Å². The van der Waals surface area contributed by atoms with Gasteiger partial charge in [-0.1, -0.05) is 45.0 Å². The fraction of sp³-hybridized carbons (Fsp3) is 0.286. The predicted molar refractivity (Wildman–Crippen MR) is 103 cm³/mol. The second kappa shape index (κ2) is 7.83. The van der Waals surface area contributed by atoms with Crippen molar-refractivity contribution in [1.29, 1.82) is 5.26 Å². The Morgan fingerprint density at radius 2 is 1.69 bits per heavy atom. The number of nitrogens with zero attached hydrogens (tertiary/aromatic N) is 2. The molecule has 5 nitrogen and oxygen atoms in total. The van der Waals surface area contributed by atoms with Crippen LogP contribution in [0.5, 0.6) is 0 Å². The van der Waals surface area contributed by atoms with E-state index in [0.717, 1.165) is 0 Å². The number of hydrogen-bond donors (Lipinski definition) is 1. The van der Waals surface area contributed by atoms with Crippen molar-refractivity contribution in [3.63, 3.8) is 0 Å². The van der Waals surface area contributed by atoms with Crippen LogP contribution in [-0.4, -0.2) is 18.4 Å². The van der Waals surface area contributed by atoms with Crippen LogP contribution in [0.3, 0.4) is 0 Å². The van der Waals surface area contributed by atoms with Crippen LogP contribution in [0.4, 0.5) is 11.4 Å². The van der Waals surface area contributed by atoms with Gasteiger partial charge in [-0.2, -0.15) is 5.26 Å². The second-order valence-corrected chi connectivity index (χ2v) is 7.11. The van der Waals surface area contributed by atoms with E-state index in [9.17, 15) is 14.9 Å². The summed E-state index contributed by atoms with van der Waals surface area (Å²) >= 11 is 0. The first kappa shape index (κ1) is 19.2. The van der Waals surface area contributed by atoms with Crippen molar-refractivity contribution in [3.8, 4) is 6.07 Å². The largest absolute Gasteiger partial charge is 0.325 e. The Hall–Kier alpha value is -3.13. The van der Waals surface area contributed by atoms with E-state index < -0.39 is 0 Å². The maximum absolute atomic E-state index is 12.4. The summed E-state index contributed by atoms with van der Waals surface area (Å²) in [5, 5.41) is 12.0. The number of nitriles is 1. The summed E-state index contributed by atoms with van der Waals surface area (Å²) in [4.78, 5) is 25.7. The van der Waals surface area contributed by atoms with E-state index in [-0.39, 0.29) is 23.8 Å². The van der Waals surface area contributed by atoms with Crippen LogP contribution in [0.1, 0.15) is 38.8 Å². The Labute approximate surface area is 154 Å². The average molecular weight is 349 g/mol. The molecule has 0 aromatic heterocycles. The molecule has 0 aliphatic heterocycles. The number of nitrogens with one attached hydrogen (secondary N) is 1. The molecule has 0 saturated heterocycles. The van der Waals surface area contributed by atoms with E-state index >= 15 is 0 Å². The van der Waals surface area contributed by atoms with Crippen LogP contribution in [-0.2, 0) is 15.0 Å². The quantitative estimate of drug-likeness (QED) is 0.911. The minimum absolute atomic E-state index is 0.0367. The van der Waals surface area contributed by atoms with Gasteiger partial charge in [0.05, 0.1) is 11.3 Å². The van der Waals surface area contributed by atoms with E-state index in [4.69, 9.17) is 0 Å². The van der Waals surface area contributed by atoms with Crippen molar-refractivity contribution in [2.75, 3.05) is 16.8 Å². The van der Waals surface area contributed by atoms with Gasteiger partial charge < -0.3 is 10.2 Å². The molecule has 26 heavy (non-hydrogen) atoms. The van der Waals surface area contributed by atoms with Crippen LogP contribution in [0.25, 0.3) is 0 Å². The molecule has 0 fully saturated rings. The number of para-hydroxylation sites is 1. The van der Waals surface area contributed by atoms with E-state index in [1.54, 1.807) is 24.3 Å². The third-order valence-corrected chi connectivity index (χ3v) is 4.03. The molecule has 134 valence electrons. The van der Waals surface area contributed by atoms with Crippen molar-refractivity contribution < 1.29 is 9.59 Å². The topological polar surface area (TPSA) is 73.2 Å². The van der Waals surface area contributed by atoms with E-state index in [1.807, 2.05) is 30.3 Å². The first-order valence-electron chi connectivity index (χ1n) is 8.40. The van der Waals surface area contributed by atoms with E-state index in [2.05, 4.69) is 26.1 Å². The van der Waals surface area contributed by atoms with Gasteiger partial charge in [-0.15, -0.1) is 0 Å². The second-order valence-electron chi connectivity index (χ2n) is 7.11.